The van der Waals surface area contributed by atoms with Gasteiger partial charge in [-0.25, -0.2) is 0 Å². The molecule has 1 rings (SSSR count). The van der Waals surface area contributed by atoms with Gasteiger partial charge in [-0.3, -0.25) is 4.57 Å². The average molecular weight is 173 g/mol. The van der Waals surface area contributed by atoms with Crippen LogP contribution in [0, 0.1) is 0 Å². The van der Waals surface area contributed by atoms with Gasteiger partial charge in [0.05, 0.1) is 4.90 Å². The first kappa shape index (κ1) is 8.33. The number of nitrogens with zero attached hydrogens (tertiary/aromatic N) is 1. The minimum absolute atomic E-state index is 0.0958. The van der Waals surface area contributed by atoms with Gasteiger partial charge in [0.1, 0.15) is 0 Å². The van der Waals surface area contributed by atoms with Crippen LogP contribution in [0.1, 0.15) is 6.92 Å². The maximum absolute atomic E-state index is 9.33. The summed E-state index contributed by atoms with van der Waals surface area (Å²) in [5.74, 6) is 1.12. The fraction of sp³-hybridized carbons (Fsp3) is 0.429. The molecule has 11 heavy (non-hydrogen) atoms. The first-order chi connectivity index (χ1) is 5.16. The van der Waals surface area contributed by atoms with Gasteiger partial charge in [-0.1, -0.05) is 6.92 Å². The van der Waals surface area contributed by atoms with E-state index in [2.05, 4.69) is 0 Å². The second-order valence-electron chi connectivity index (χ2n) is 2.18. The molecule has 0 aliphatic heterocycles. The van der Waals surface area contributed by atoms with Gasteiger partial charge in [0.15, 0.2) is 5.88 Å². The zero-order chi connectivity index (χ0) is 8.43. The molecule has 0 spiro atoms. The van der Waals surface area contributed by atoms with Gasteiger partial charge in [-0.05, 0) is 5.75 Å². The smallest absolute Gasteiger partial charge is 0.207 e. The van der Waals surface area contributed by atoms with E-state index < -0.39 is 0 Å². The van der Waals surface area contributed by atoms with E-state index in [1.54, 1.807) is 13.1 Å². The van der Waals surface area contributed by atoms with Gasteiger partial charge >= 0.3 is 0 Å². The normalized spacial score (nSPS) is 10.4. The molecule has 1 aromatic rings. The Morgan fingerprint density at radius 2 is 2.18 bits per heavy atom. The zero-order valence-corrected chi connectivity index (χ0v) is 7.35. The molecular formula is C7H11NO2S. The second-order valence-corrected chi connectivity index (χ2v) is 3.49. The number of aromatic hydroxyl groups is 2. The second kappa shape index (κ2) is 3.09. The molecule has 1 heterocycles. The van der Waals surface area contributed by atoms with Crippen molar-refractivity contribution >= 4 is 11.8 Å². The predicted octanol–water partition coefficient (Wildman–Crippen LogP) is 1.55. The van der Waals surface area contributed by atoms with E-state index in [1.165, 1.54) is 16.3 Å². The summed E-state index contributed by atoms with van der Waals surface area (Å²) < 4.78 is 1.35. The monoisotopic (exact) mass is 173 g/mol. The maximum atomic E-state index is 9.33. The molecule has 0 aliphatic carbocycles. The Labute approximate surface area is 69.7 Å². The lowest BCUT2D eigenvalue weighted by atomic mass is 10.6. The Morgan fingerprint density at radius 1 is 1.55 bits per heavy atom. The molecule has 4 heteroatoms. The van der Waals surface area contributed by atoms with Crippen LogP contribution in [-0.2, 0) is 7.05 Å². The zero-order valence-electron chi connectivity index (χ0n) is 6.53. The van der Waals surface area contributed by atoms with Gasteiger partial charge < -0.3 is 10.2 Å². The molecule has 62 valence electrons. The summed E-state index contributed by atoms with van der Waals surface area (Å²) >= 11 is 1.51. The van der Waals surface area contributed by atoms with E-state index in [1.807, 2.05) is 6.92 Å². The summed E-state index contributed by atoms with van der Waals surface area (Å²) in [6.45, 7) is 1.99. The quantitative estimate of drug-likeness (QED) is 0.667. The minimum atomic E-state index is 0.0958. The lowest BCUT2D eigenvalue weighted by Gasteiger charge is -1.97. The van der Waals surface area contributed by atoms with Crippen molar-refractivity contribution in [2.24, 2.45) is 7.05 Å². The standard InChI is InChI=1S/C7H11NO2S/c1-3-11-5-4-6(9)8(2)7(5)10/h4,9-10H,3H2,1-2H3. The van der Waals surface area contributed by atoms with E-state index in [-0.39, 0.29) is 11.8 Å². The van der Waals surface area contributed by atoms with Crippen molar-refractivity contribution in [1.29, 1.82) is 0 Å². The van der Waals surface area contributed by atoms with Crippen molar-refractivity contribution in [2.45, 2.75) is 11.8 Å². The summed E-state index contributed by atoms with van der Waals surface area (Å²) in [5, 5.41) is 18.5. The molecule has 3 nitrogen and oxygen atoms in total. The van der Waals surface area contributed by atoms with Gasteiger partial charge in [0.25, 0.3) is 0 Å². The highest BCUT2D eigenvalue weighted by Crippen LogP contribution is 2.33. The summed E-state index contributed by atoms with van der Waals surface area (Å²) in [4.78, 5) is 0.729. The van der Waals surface area contributed by atoms with Crippen LogP contribution in [-0.4, -0.2) is 20.5 Å². The Bertz CT molecular complexity index is 257. The maximum Gasteiger partial charge on any atom is 0.207 e. The number of aromatic nitrogens is 1. The largest absolute Gasteiger partial charge is 0.494 e. The van der Waals surface area contributed by atoms with Crippen LogP contribution in [0.5, 0.6) is 11.8 Å². The van der Waals surface area contributed by atoms with Crippen LogP contribution in [0.2, 0.25) is 0 Å². The molecule has 0 aliphatic rings. The molecular weight excluding hydrogens is 162 g/mol. The van der Waals surface area contributed by atoms with E-state index in [0.717, 1.165) is 10.6 Å². The van der Waals surface area contributed by atoms with Gasteiger partial charge in [0.2, 0.25) is 5.88 Å². The average Bonchev–Trinajstić information content (AvgIpc) is 2.19. The molecule has 0 aromatic carbocycles. The summed E-state index contributed by atoms with van der Waals surface area (Å²) in [6, 6.07) is 1.56. The molecule has 0 saturated heterocycles. The van der Waals surface area contributed by atoms with Crippen LogP contribution in [0.15, 0.2) is 11.0 Å². The van der Waals surface area contributed by atoms with Crippen LogP contribution < -0.4 is 0 Å². The first-order valence-electron chi connectivity index (χ1n) is 3.37. The van der Waals surface area contributed by atoms with Crippen LogP contribution in [0.25, 0.3) is 0 Å². The van der Waals surface area contributed by atoms with E-state index in [0.29, 0.717) is 0 Å². The fourth-order valence-corrected chi connectivity index (χ4v) is 1.58. The number of thioether (sulfide) groups is 1. The van der Waals surface area contributed by atoms with Crippen molar-refractivity contribution in [3.63, 3.8) is 0 Å². The predicted molar refractivity (Wildman–Crippen MR) is 45.1 cm³/mol. The third-order valence-corrected chi connectivity index (χ3v) is 2.34. The molecule has 0 atom stereocenters. The summed E-state index contributed by atoms with van der Waals surface area (Å²) in [6.07, 6.45) is 0. The summed E-state index contributed by atoms with van der Waals surface area (Å²) in [5.41, 5.74) is 0. The molecule has 0 unspecified atom stereocenters. The Hall–Kier alpha value is -0.770. The van der Waals surface area contributed by atoms with Gasteiger partial charge in [-0.2, -0.15) is 0 Å². The van der Waals surface area contributed by atoms with E-state index in [9.17, 15) is 5.11 Å². The lowest BCUT2D eigenvalue weighted by molar-refractivity contribution is 0.383. The number of hydrogen-bond acceptors (Lipinski definition) is 3. The molecule has 2 N–H and O–H groups in total. The van der Waals surface area contributed by atoms with Crippen LogP contribution in [0.3, 0.4) is 0 Å². The summed E-state index contributed by atoms with van der Waals surface area (Å²) in [7, 11) is 1.62. The molecule has 1 aromatic heterocycles. The highest BCUT2D eigenvalue weighted by molar-refractivity contribution is 7.99. The third kappa shape index (κ3) is 1.45. The van der Waals surface area contributed by atoms with Crippen molar-refractivity contribution in [2.75, 3.05) is 5.75 Å². The van der Waals surface area contributed by atoms with E-state index >= 15 is 0 Å². The molecule has 0 saturated carbocycles. The van der Waals surface area contributed by atoms with Crippen molar-refractivity contribution < 1.29 is 10.2 Å². The van der Waals surface area contributed by atoms with Crippen molar-refractivity contribution in [3.05, 3.63) is 6.07 Å². The molecule has 0 fully saturated rings. The fourth-order valence-electron chi connectivity index (χ4n) is 0.814. The highest BCUT2D eigenvalue weighted by Gasteiger charge is 2.09. The Kier molecular flexibility index (Phi) is 2.34. The highest BCUT2D eigenvalue weighted by atomic mass is 32.2. The van der Waals surface area contributed by atoms with Gasteiger partial charge in [0, 0.05) is 13.1 Å². The molecule has 0 amide bonds. The Morgan fingerprint density at radius 3 is 2.55 bits per heavy atom. The van der Waals surface area contributed by atoms with Gasteiger partial charge in [-0.15, -0.1) is 11.8 Å². The van der Waals surface area contributed by atoms with E-state index in [4.69, 9.17) is 5.11 Å². The molecule has 0 bridgehead atoms. The van der Waals surface area contributed by atoms with Crippen LogP contribution >= 0.6 is 11.8 Å². The van der Waals surface area contributed by atoms with Crippen molar-refractivity contribution in [3.8, 4) is 11.8 Å². The van der Waals surface area contributed by atoms with Crippen LogP contribution in [0.4, 0.5) is 0 Å². The third-order valence-electron chi connectivity index (χ3n) is 1.44. The first-order valence-corrected chi connectivity index (χ1v) is 4.35. The lowest BCUT2D eigenvalue weighted by Crippen LogP contribution is -1.84. The number of rotatable bonds is 2. The minimum Gasteiger partial charge on any atom is -0.494 e. The Balaban J connectivity index is 2.98. The SMILES string of the molecule is CCSc1cc(O)n(C)c1O. The number of hydrogen-bond donors (Lipinski definition) is 2. The van der Waals surface area contributed by atoms with Crippen molar-refractivity contribution in [1.82, 2.24) is 4.57 Å². The topological polar surface area (TPSA) is 45.4 Å². The molecule has 0 radical (unpaired) electrons.